The number of nitrogen functional groups attached to an aromatic ring is 1. The fourth-order valence-electron chi connectivity index (χ4n) is 2.83. The lowest BCUT2D eigenvalue weighted by molar-refractivity contribution is 0.122. The summed E-state index contributed by atoms with van der Waals surface area (Å²) in [7, 11) is 0. The van der Waals surface area contributed by atoms with Crippen LogP contribution in [0.15, 0.2) is 12.4 Å². The van der Waals surface area contributed by atoms with Crippen molar-refractivity contribution in [2.45, 2.75) is 12.8 Å². The van der Waals surface area contributed by atoms with Crippen molar-refractivity contribution in [1.29, 1.82) is 0 Å². The average molecular weight is 314 g/mol. The molecule has 120 valence electrons. The monoisotopic (exact) mass is 314 g/mol. The van der Waals surface area contributed by atoms with Gasteiger partial charge in [0.15, 0.2) is 5.82 Å². The molecule has 0 spiro atoms. The third kappa shape index (κ3) is 2.77. The summed E-state index contributed by atoms with van der Waals surface area (Å²) in [4.78, 5) is 19.6. The largest absolute Gasteiger partial charge is 0.477 e. The number of ether oxygens (including phenoxy) is 2. The van der Waals surface area contributed by atoms with Crippen molar-refractivity contribution in [3.63, 3.8) is 0 Å². The van der Waals surface area contributed by atoms with Crippen LogP contribution in [0.25, 0.3) is 11.4 Å². The third-order valence-electron chi connectivity index (χ3n) is 4.00. The Bertz CT molecular complexity index is 700. The Morgan fingerprint density at radius 2 is 1.83 bits per heavy atom. The summed E-state index contributed by atoms with van der Waals surface area (Å²) < 4.78 is 11.2. The SMILES string of the molecule is Nc1ncc(-c2nc3c(c(N4CCOCC4)n2)CCCO3)cn1. The van der Waals surface area contributed by atoms with E-state index in [2.05, 4.69) is 19.9 Å². The number of nitrogens with two attached hydrogens (primary N) is 1. The number of hydrogen-bond acceptors (Lipinski definition) is 8. The number of rotatable bonds is 2. The Hall–Kier alpha value is -2.48. The van der Waals surface area contributed by atoms with Crippen LogP contribution in [0.2, 0.25) is 0 Å². The first-order chi connectivity index (χ1) is 11.3. The zero-order valence-electron chi connectivity index (χ0n) is 12.7. The lowest BCUT2D eigenvalue weighted by Gasteiger charge is -2.31. The molecule has 8 heteroatoms. The van der Waals surface area contributed by atoms with E-state index in [9.17, 15) is 0 Å². The van der Waals surface area contributed by atoms with Gasteiger partial charge in [-0.15, -0.1) is 0 Å². The topological polar surface area (TPSA) is 99.3 Å². The normalized spacial score (nSPS) is 17.5. The lowest BCUT2D eigenvalue weighted by Crippen LogP contribution is -2.38. The summed E-state index contributed by atoms with van der Waals surface area (Å²) in [5, 5.41) is 0. The molecule has 8 nitrogen and oxygen atoms in total. The van der Waals surface area contributed by atoms with Crippen LogP contribution in [0, 0.1) is 0 Å². The maximum absolute atomic E-state index is 5.77. The fraction of sp³-hybridized carbons (Fsp3) is 0.467. The minimum atomic E-state index is 0.233. The molecule has 0 amide bonds. The van der Waals surface area contributed by atoms with Crippen molar-refractivity contribution >= 4 is 11.8 Å². The van der Waals surface area contributed by atoms with E-state index in [1.165, 1.54) is 0 Å². The van der Waals surface area contributed by atoms with Crippen LogP contribution in [-0.4, -0.2) is 52.8 Å². The molecular formula is C15H18N6O2. The van der Waals surface area contributed by atoms with Crippen LogP contribution in [0.1, 0.15) is 12.0 Å². The first-order valence-corrected chi connectivity index (χ1v) is 7.75. The number of nitrogens with zero attached hydrogens (tertiary/aromatic N) is 5. The van der Waals surface area contributed by atoms with Gasteiger partial charge in [0.25, 0.3) is 0 Å². The van der Waals surface area contributed by atoms with E-state index < -0.39 is 0 Å². The van der Waals surface area contributed by atoms with Gasteiger partial charge < -0.3 is 20.1 Å². The maximum atomic E-state index is 5.77. The highest BCUT2D eigenvalue weighted by Gasteiger charge is 2.24. The molecule has 4 rings (SSSR count). The van der Waals surface area contributed by atoms with Crippen molar-refractivity contribution in [3.8, 4) is 17.3 Å². The molecule has 0 saturated carbocycles. The molecule has 0 atom stereocenters. The van der Waals surface area contributed by atoms with Crippen molar-refractivity contribution < 1.29 is 9.47 Å². The molecule has 2 aliphatic rings. The molecule has 2 aliphatic heterocycles. The number of fused-ring (bicyclic) bond motifs is 1. The molecule has 4 heterocycles. The lowest BCUT2D eigenvalue weighted by atomic mass is 10.1. The molecule has 2 N–H and O–H groups in total. The average Bonchev–Trinajstić information content (AvgIpc) is 2.62. The second kappa shape index (κ2) is 5.96. The van der Waals surface area contributed by atoms with Crippen LogP contribution in [0.4, 0.5) is 11.8 Å². The molecule has 0 bridgehead atoms. The van der Waals surface area contributed by atoms with Gasteiger partial charge in [0, 0.05) is 25.5 Å². The van der Waals surface area contributed by atoms with E-state index in [0.29, 0.717) is 31.5 Å². The summed E-state index contributed by atoms with van der Waals surface area (Å²) in [5.74, 6) is 2.40. The van der Waals surface area contributed by atoms with Gasteiger partial charge in [0.2, 0.25) is 11.8 Å². The van der Waals surface area contributed by atoms with Crippen LogP contribution in [0.5, 0.6) is 5.88 Å². The standard InChI is InChI=1S/C15H18N6O2/c16-15-17-8-10(9-18-15)12-19-13(21-3-6-22-7-4-21)11-2-1-5-23-14(11)20-12/h8-9H,1-7H2,(H2,16,17,18). The minimum Gasteiger partial charge on any atom is -0.477 e. The number of hydrogen-bond donors (Lipinski definition) is 1. The van der Waals surface area contributed by atoms with Gasteiger partial charge in [-0.2, -0.15) is 4.98 Å². The van der Waals surface area contributed by atoms with Crippen LogP contribution >= 0.6 is 0 Å². The van der Waals surface area contributed by atoms with Crippen LogP contribution in [-0.2, 0) is 11.2 Å². The van der Waals surface area contributed by atoms with Gasteiger partial charge in [-0.1, -0.05) is 0 Å². The van der Waals surface area contributed by atoms with E-state index in [1.54, 1.807) is 12.4 Å². The third-order valence-corrected chi connectivity index (χ3v) is 4.00. The number of morpholine rings is 1. The maximum Gasteiger partial charge on any atom is 0.222 e. The smallest absolute Gasteiger partial charge is 0.222 e. The molecule has 0 radical (unpaired) electrons. The minimum absolute atomic E-state index is 0.233. The van der Waals surface area contributed by atoms with Crippen molar-refractivity contribution in [3.05, 3.63) is 18.0 Å². The summed E-state index contributed by atoms with van der Waals surface area (Å²) in [5.41, 5.74) is 7.36. The molecule has 2 aromatic heterocycles. The van der Waals surface area contributed by atoms with Gasteiger partial charge >= 0.3 is 0 Å². The molecule has 1 saturated heterocycles. The van der Waals surface area contributed by atoms with Gasteiger partial charge in [-0.3, -0.25) is 0 Å². The van der Waals surface area contributed by atoms with E-state index >= 15 is 0 Å². The first kappa shape index (κ1) is 14.1. The molecule has 23 heavy (non-hydrogen) atoms. The Kier molecular flexibility index (Phi) is 3.66. The number of anilines is 2. The van der Waals surface area contributed by atoms with E-state index in [4.69, 9.17) is 20.2 Å². The van der Waals surface area contributed by atoms with E-state index in [1.807, 2.05) is 0 Å². The first-order valence-electron chi connectivity index (χ1n) is 7.75. The predicted molar refractivity (Wildman–Crippen MR) is 84.3 cm³/mol. The molecule has 0 aromatic carbocycles. The Morgan fingerprint density at radius 3 is 2.61 bits per heavy atom. The molecule has 2 aromatic rings. The van der Waals surface area contributed by atoms with E-state index in [0.717, 1.165) is 42.9 Å². The van der Waals surface area contributed by atoms with Gasteiger partial charge in [-0.25, -0.2) is 15.0 Å². The zero-order chi connectivity index (χ0) is 15.6. The highest BCUT2D eigenvalue weighted by atomic mass is 16.5. The molecule has 0 aliphatic carbocycles. The molecule has 1 fully saturated rings. The Balaban J connectivity index is 1.79. The summed E-state index contributed by atoms with van der Waals surface area (Å²) in [6.07, 6.45) is 5.19. The predicted octanol–water partition coefficient (Wildman–Crippen LogP) is 0.677. The van der Waals surface area contributed by atoms with Gasteiger partial charge in [0.05, 0.1) is 30.9 Å². The second-order valence-corrected chi connectivity index (χ2v) is 5.54. The van der Waals surface area contributed by atoms with Gasteiger partial charge in [0.1, 0.15) is 5.82 Å². The Morgan fingerprint density at radius 1 is 1.04 bits per heavy atom. The molecular weight excluding hydrogens is 296 g/mol. The Labute approximate surface area is 133 Å². The zero-order valence-corrected chi connectivity index (χ0v) is 12.7. The fourth-order valence-corrected chi connectivity index (χ4v) is 2.83. The summed E-state index contributed by atoms with van der Waals surface area (Å²) in [6, 6.07) is 0. The summed E-state index contributed by atoms with van der Waals surface area (Å²) >= 11 is 0. The summed E-state index contributed by atoms with van der Waals surface area (Å²) in [6.45, 7) is 3.74. The second-order valence-electron chi connectivity index (χ2n) is 5.54. The van der Waals surface area contributed by atoms with Crippen molar-refractivity contribution in [2.24, 2.45) is 0 Å². The molecule has 0 unspecified atom stereocenters. The highest BCUT2D eigenvalue weighted by molar-refractivity contribution is 5.61. The quantitative estimate of drug-likeness (QED) is 0.864. The van der Waals surface area contributed by atoms with Crippen molar-refractivity contribution in [1.82, 2.24) is 19.9 Å². The highest BCUT2D eigenvalue weighted by Crippen LogP contribution is 2.33. The van der Waals surface area contributed by atoms with Crippen LogP contribution in [0.3, 0.4) is 0 Å². The van der Waals surface area contributed by atoms with Crippen molar-refractivity contribution in [2.75, 3.05) is 43.5 Å². The van der Waals surface area contributed by atoms with Crippen LogP contribution < -0.4 is 15.4 Å². The van der Waals surface area contributed by atoms with E-state index in [-0.39, 0.29) is 5.95 Å². The number of aromatic nitrogens is 4. The van der Waals surface area contributed by atoms with Gasteiger partial charge in [-0.05, 0) is 12.8 Å².